The van der Waals surface area contributed by atoms with E-state index in [1.54, 1.807) is 0 Å². The van der Waals surface area contributed by atoms with Crippen LogP contribution in [-0.4, -0.2) is 24.7 Å². The first kappa shape index (κ1) is 11.7. The number of hydrogen-bond acceptors (Lipinski definition) is 3. The number of carbonyl (C=O) groups is 1. The summed E-state index contributed by atoms with van der Waals surface area (Å²) in [4.78, 5) is 13.7. The van der Waals surface area contributed by atoms with Crippen LogP contribution in [0.3, 0.4) is 0 Å². The molecule has 74 valence electrons. The zero-order chi connectivity index (χ0) is 10.5. The molecule has 6 heteroatoms. The molecule has 0 aromatic heterocycles. The van der Waals surface area contributed by atoms with Crippen molar-refractivity contribution in [2.24, 2.45) is 10.7 Å². The quantitative estimate of drug-likeness (QED) is 0.682. The van der Waals surface area contributed by atoms with E-state index in [4.69, 9.17) is 0 Å². The smallest absolute Gasteiger partial charge is 0.395 e. The molecule has 0 aromatic carbocycles. The molecule has 0 fully saturated rings. The van der Waals surface area contributed by atoms with Gasteiger partial charge in [-0.05, 0) is 13.0 Å². The summed E-state index contributed by atoms with van der Waals surface area (Å²) in [6.45, 7) is 1.15. The molecular weight excluding hydrogens is 185 g/mol. The first-order valence-electron chi connectivity index (χ1n) is 3.36. The lowest BCUT2D eigenvalue weighted by atomic mass is 10.4. The molecule has 0 radical (unpaired) electrons. The number of carbonyl (C=O) groups excluding carboxylic acids is 1. The van der Waals surface area contributed by atoms with Crippen LogP contribution in [0.5, 0.6) is 0 Å². The number of halogens is 3. The molecule has 0 aliphatic carbocycles. The maximum absolute atomic E-state index is 11.7. The Morgan fingerprint density at radius 1 is 1.54 bits per heavy atom. The van der Waals surface area contributed by atoms with Gasteiger partial charge in [-0.15, -0.1) is 0 Å². The number of hydrogen-bond donors (Lipinski definition) is 1. The van der Waals surface area contributed by atoms with Gasteiger partial charge < -0.3 is 5.73 Å². The molecule has 13 heavy (non-hydrogen) atoms. The molecule has 0 saturated heterocycles. The van der Waals surface area contributed by atoms with E-state index in [2.05, 4.69) is 10.7 Å². The van der Waals surface area contributed by atoms with Gasteiger partial charge in [0.05, 0.1) is 6.54 Å². The number of Topliss-reactive ketones (excluding diaryl/α,β-unsaturated/α-hetero) is 1. The number of allylic oxidation sites excluding steroid dienone is 2. The summed E-state index contributed by atoms with van der Waals surface area (Å²) >= 11 is 0. The summed E-state index contributed by atoms with van der Waals surface area (Å²) in [7, 11) is 0. The maximum atomic E-state index is 11.7. The summed E-state index contributed by atoms with van der Waals surface area (Å²) in [5.74, 6) is -0.227. The van der Waals surface area contributed by atoms with Gasteiger partial charge in [-0.3, -0.25) is 9.79 Å². The second-order valence-corrected chi connectivity index (χ2v) is 2.31. The van der Waals surface area contributed by atoms with Crippen LogP contribution >= 0.6 is 0 Å². The fourth-order valence-electron chi connectivity index (χ4n) is 0.409. The van der Waals surface area contributed by atoms with Gasteiger partial charge in [-0.25, -0.2) is 0 Å². The minimum Gasteiger partial charge on any atom is -0.395 e. The number of nitrogens with two attached hydrogens (primary N) is 1. The molecule has 0 heterocycles. The number of rotatable bonds is 3. The Morgan fingerprint density at radius 2 is 2.08 bits per heavy atom. The third kappa shape index (κ3) is 5.89. The lowest BCUT2D eigenvalue weighted by molar-refractivity contribution is -0.115. The van der Waals surface area contributed by atoms with Crippen molar-refractivity contribution in [1.82, 2.24) is 0 Å². The first-order chi connectivity index (χ1) is 5.84. The SMILES string of the molecule is CC(=O)CN=C/C=C(\N)C(F)(F)F. The average molecular weight is 194 g/mol. The molecule has 2 N–H and O–H groups in total. The first-order valence-corrected chi connectivity index (χ1v) is 3.36. The second-order valence-electron chi connectivity index (χ2n) is 2.31. The number of aliphatic imine (C=N–C) groups is 1. The minimum absolute atomic E-state index is 0.137. The molecular formula is C7H9F3N2O. The van der Waals surface area contributed by atoms with E-state index in [-0.39, 0.29) is 12.3 Å². The highest BCUT2D eigenvalue weighted by Crippen LogP contribution is 2.20. The third-order valence-corrected chi connectivity index (χ3v) is 1.00. The Balaban J connectivity index is 4.12. The van der Waals surface area contributed by atoms with Gasteiger partial charge in [-0.1, -0.05) is 0 Å². The highest BCUT2D eigenvalue weighted by atomic mass is 19.4. The minimum atomic E-state index is -4.54. The Hall–Kier alpha value is -1.33. The summed E-state index contributed by atoms with van der Waals surface area (Å²) in [6.07, 6.45) is -3.06. The Bertz CT molecular complexity index is 243. The molecule has 0 bridgehead atoms. The molecule has 0 amide bonds. The molecule has 0 aromatic rings. The number of ketones is 1. The predicted octanol–water partition coefficient (Wildman–Crippen LogP) is 1.05. The van der Waals surface area contributed by atoms with Crippen LogP contribution in [0.2, 0.25) is 0 Å². The van der Waals surface area contributed by atoms with Crippen molar-refractivity contribution < 1.29 is 18.0 Å². The van der Waals surface area contributed by atoms with Crippen molar-refractivity contribution in [2.45, 2.75) is 13.1 Å². The van der Waals surface area contributed by atoms with Gasteiger partial charge >= 0.3 is 6.18 Å². The van der Waals surface area contributed by atoms with Crippen LogP contribution < -0.4 is 5.73 Å². The molecule has 0 rings (SSSR count). The number of alkyl halides is 3. The lowest BCUT2D eigenvalue weighted by Crippen LogP contribution is -2.19. The van der Waals surface area contributed by atoms with E-state index in [1.165, 1.54) is 6.92 Å². The normalized spacial score (nSPS) is 13.7. The van der Waals surface area contributed by atoms with Gasteiger partial charge in [0, 0.05) is 6.21 Å². The summed E-state index contributed by atoms with van der Waals surface area (Å²) in [5.41, 5.74) is 3.39. The molecule has 0 unspecified atom stereocenters. The summed E-state index contributed by atoms with van der Waals surface area (Å²) in [5, 5.41) is 0. The summed E-state index contributed by atoms with van der Waals surface area (Å²) < 4.78 is 35.1. The van der Waals surface area contributed by atoms with Crippen LogP contribution in [0.25, 0.3) is 0 Å². The Labute approximate surface area is 73.1 Å². The van der Waals surface area contributed by atoms with E-state index in [1.807, 2.05) is 0 Å². The fraction of sp³-hybridized carbons (Fsp3) is 0.429. The van der Waals surface area contributed by atoms with Gasteiger partial charge in [0.15, 0.2) is 5.78 Å². The van der Waals surface area contributed by atoms with Crippen LogP contribution in [0, 0.1) is 0 Å². The lowest BCUT2D eigenvalue weighted by Gasteiger charge is -2.03. The van der Waals surface area contributed by atoms with E-state index < -0.39 is 11.9 Å². The van der Waals surface area contributed by atoms with Crippen molar-refractivity contribution in [3.8, 4) is 0 Å². The zero-order valence-electron chi connectivity index (χ0n) is 6.93. The van der Waals surface area contributed by atoms with Gasteiger partial charge in [-0.2, -0.15) is 13.2 Å². The molecule has 0 atom stereocenters. The summed E-state index contributed by atoms with van der Waals surface area (Å²) in [6, 6.07) is 0. The van der Waals surface area contributed by atoms with E-state index in [0.717, 1.165) is 6.21 Å². The number of nitrogens with zero attached hydrogens (tertiary/aromatic N) is 1. The van der Waals surface area contributed by atoms with Crippen molar-refractivity contribution in [3.63, 3.8) is 0 Å². The fourth-order valence-corrected chi connectivity index (χ4v) is 0.409. The highest BCUT2D eigenvalue weighted by Gasteiger charge is 2.30. The van der Waals surface area contributed by atoms with Crippen LogP contribution in [0.1, 0.15) is 6.92 Å². The second kappa shape index (κ2) is 4.64. The van der Waals surface area contributed by atoms with E-state index in [9.17, 15) is 18.0 Å². The van der Waals surface area contributed by atoms with Crippen LogP contribution in [-0.2, 0) is 4.79 Å². The van der Waals surface area contributed by atoms with Crippen molar-refractivity contribution in [1.29, 1.82) is 0 Å². The molecule has 0 aliphatic rings. The largest absolute Gasteiger partial charge is 0.430 e. The molecule has 0 saturated carbocycles. The van der Waals surface area contributed by atoms with Crippen molar-refractivity contribution >= 4 is 12.0 Å². The monoisotopic (exact) mass is 194 g/mol. The zero-order valence-corrected chi connectivity index (χ0v) is 6.93. The average Bonchev–Trinajstić information content (AvgIpc) is 1.95. The highest BCUT2D eigenvalue weighted by molar-refractivity contribution is 5.81. The Kier molecular flexibility index (Phi) is 4.16. The van der Waals surface area contributed by atoms with Gasteiger partial charge in [0.25, 0.3) is 0 Å². The van der Waals surface area contributed by atoms with Crippen molar-refractivity contribution in [3.05, 3.63) is 11.8 Å². The topological polar surface area (TPSA) is 55.5 Å². The molecule has 0 spiro atoms. The standard InChI is InChI=1S/C7H9F3N2O/c1-5(13)4-12-3-2-6(11)7(8,9)10/h2-3H,4,11H2,1H3/b6-2-,12-3?. The molecule has 3 nitrogen and oxygen atoms in total. The van der Waals surface area contributed by atoms with Gasteiger partial charge in [0.1, 0.15) is 5.70 Å². The maximum Gasteiger partial charge on any atom is 0.430 e. The molecule has 0 aliphatic heterocycles. The van der Waals surface area contributed by atoms with Crippen LogP contribution in [0.15, 0.2) is 16.8 Å². The predicted molar refractivity (Wildman–Crippen MR) is 42.4 cm³/mol. The van der Waals surface area contributed by atoms with E-state index in [0.29, 0.717) is 6.08 Å². The van der Waals surface area contributed by atoms with Crippen LogP contribution in [0.4, 0.5) is 13.2 Å². The van der Waals surface area contributed by atoms with Gasteiger partial charge in [0.2, 0.25) is 0 Å². The third-order valence-electron chi connectivity index (χ3n) is 1.00. The Morgan fingerprint density at radius 3 is 2.46 bits per heavy atom. The van der Waals surface area contributed by atoms with E-state index >= 15 is 0 Å². The van der Waals surface area contributed by atoms with Crippen molar-refractivity contribution in [2.75, 3.05) is 6.54 Å².